The fraction of sp³-hybridized carbons (Fsp3) is 0.385. The maximum absolute atomic E-state index is 6.13. The number of hydrogen-bond donors (Lipinski definition) is 2. The van der Waals surface area contributed by atoms with E-state index in [0.717, 1.165) is 6.42 Å². The summed E-state index contributed by atoms with van der Waals surface area (Å²) in [6.45, 7) is 2.15. The predicted octanol–water partition coefficient (Wildman–Crippen LogP) is 2.81. The normalized spacial score (nSPS) is 20.5. The average molecular weight is 200 g/mol. The van der Waals surface area contributed by atoms with Gasteiger partial charge in [0.05, 0.1) is 0 Å². The van der Waals surface area contributed by atoms with Crippen LogP contribution in [0.25, 0.3) is 10.9 Å². The van der Waals surface area contributed by atoms with Crippen LogP contribution in [0.1, 0.15) is 35.7 Å². The Kier molecular flexibility index (Phi) is 1.86. The molecule has 1 aliphatic rings. The van der Waals surface area contributed by atoms with Gasteiger partial charge in [0.1, 0.15) is 0 Å². The summed E-state index contributed by atoms with van der Waals surface area (Å²) in [6.07, 6.45) is 3.50. The quantitative estimate of drug-likeness (QED) is 0.674. The maximum atomic E-state index is 6.13. The third kappa shape index (κ3) is 1.21. The number of aryl methyl sites for hydroxylation is 2. The average Bonchev–Trinajstić information content (AvgIpc) is 2.60. The minimum Gasteiger partial charge on any atom is -0.357 e. The second-order valence-electron chi connectivity index (χ2n) is 4.51. The molecule has 15 heavy (non-hydrogen) atoms. The van der Waals surface area contributed by atoms with Crippen molar-refractivity contribution in [2.45, 2.75) is 32.2 Å². The summed E-state index contributed by atoms with van der Waals surface area (Å²) in [5.41, 5.74) is 11.4. The van der Waals surface area contributed by atoms with E-state index < -0.39 is 0 Å². The van der Waals surface area contributed by atoms with Gasteiger partial charge in [-0.25, -0.2) is 0 Å². The fourth-order valence-electron chi connectivity index (χ4n) is 2.67. The zero-order valence-corrected chi connectivity index (χ0v) is 9.01. The van der Waals surface area contributed by atoms with Crippen molar-refractivity contribution in [3.05, 3.63) is 35.0 Å². The lowest BCUT2D eigenvalue weighted by Gasteiger charge is -2.18. The van der Waals surface area contributed by atoms with Crippen molar-refractivity contribution in [1.29, 1.82) is 0 Å². The van der Waals surface area contributed by atoms with Gasteiger partial charge < -0.3 is 10.7 Å². The molecule has 1 aromatic heterocycles. The summed E-state index contributed by atoms with van der Waals surface area (Å²) in [7, 11) is 0. The van der Waals surface area contributed by atoms with Crippen molar-refractivity contribution in [3.63, 3.8) is 0 Å². The highest BCUT2D eigenvalue weighted by Gasteiger charge is 2.21. The van der Waals surface area contributed by atoms with Gasteiger partial charge in [-0.2, -0.15) is 0 Å². The Hall–Kier alpha value is -1.28. The van der Waals surface area contributed by atoms with Gasteiger partial charge in [0, 0.05) is 22.6 Å². The molecule has 0 aliphatic heterocycles. The summed E-state index contributed by atoms with van der Waals surface area (Å²) >= 11 is 0. The summed E-state index contributed by atoms with van der Waals surface area (Å²) < 4.78 is 0. The van der Waals surface area contributed by atoms with Gasteiger partial charge in [0.15, 0.2) is 0 Å². The lowest BCUT2D eigenvalue weighted by molar-refractivity contribution is 0.562. The van der Waals surface area contributed by atoms with Crippen LogP contribution in [0.3, 0.4) is 0 Å². The Morgan fingerprint density at radius 3 is 3.13 bits per heavy atom. The molecule has 3 rings (SSSR count). The molecule has 1 unspecified atom stereocenters. The summed E-state index contributed by atoms with van der Waals surface area (Å²) in [5.74, 6) is 0. The van der Waals surface area contributed by atoms with E-state index in [1.54, 1.807) is 0 Å². The predicted molar refractivity (Wildman–Crippen MR) is 62.9 cm³/mol. The van der Waals surface area contributed by atoms with Crippen LogP contribution in [0.2, 0.25) is 0 Å². The number of nitrogens with one attached hydrogen (secondary N) is 1. The first-order valence-electron chi connectivity index (χ1n) is 5.63. The molecule has 0 spiro atoms. The molecule has 0 amide bonds. The van der Waals surface area contributed by atoms with E-state index in [-0.39, 0.29) is 6.04 Å². The van der Waals surface area contributed by atoms with Crippen LogP contribution < -0.4 is 5.73 Å². The summed E-state index contributed by atoms with van der Waals surface area (Å²) in [6, 6.07) is 6.69. The van der Waals surface area contributed by atoms with Gasteiger partial charge in [0.2, 0.25) is 0 Å². The standard InChI is InChI=1S/C13H16N2/c1-8-4-2-5-9-10-6-3-7-11(14)13(10)15-12(8)9/h2,4-5,11,15H,3,6-7,14H2,1H3. The number of aromatic amines is 1. The van der Waals surface area contributed by atoms with Crippen LogP contribution in [-0.4, -0.2) is 4.98 Å². The molecule has 0 saturated carbocycles. The molecule has 1 atom stereocenters. The molecule has 0 bridgehead atoms. The van der Waals surface area contributed by atoms with Gasteiger partial charge in [-0.1, -0.05) is 18.2 Å². The molecular weight excluding hydrogens is 184 g/mol. The van der Waals surface area contributed by atoms with E-state index in [4.69, 9.17) is 5.73 Å². The Morgan fingerprint density at radius 2 is 2.27 bits per heavy atom. The smallest absolute Gasteiger partial charge is 0.0489 e. The van der Waals surface area contributed by atoms with E-state index in [1.807, 2.05) is 0 Å². The first kappa shape index (κ1) is 8.98. The SMILES string of the molecule is Cc1cccc2c3c([nH]c12)C(N)CCC3. The first-order valence-corrected chi connectivity index (χ1v) is 5.63. The second kappa shape index (κ2) is 3.11. The van der Waals surface area contributed by atoms with Crippen molar-refractivity contribution in [2.24, 2.45) is 5.73 Å². The number of aromatic nitrogens is 1. The molecular formula is C13H16N2. The van der Waals surface area contributed by atoms with E-state index in [1.165, 1.54) is 40.6 Å². The van der Waals surface area contributed by atoms with Crippen LogP contribution in [-0.2, 0) is 6.42 Å². The molecule has 1 heterocycles. The molecule has 1 aromatic carbocycles. The number of fused-ring (bicyclic) bond motifs is 3. The van der Waals surface area contributed by atoms with Crippen molar-refractivity contribution < 1.29 is 0 Å². The number of rotatable bonds is 0. The van der Waals surface area contributed by atoms with Crippen LogP contribution in [0, 0.1) is 6.92 Å². The highest BCUT2D eigenvalue weighted by atomic mass is 14.8. The molecule has 2 aromatic rings. The third-order valence-electron chi connectivity index (χ3n) is 3.50. The summed E-state index contributed by atoms with van der Waals surface area (Å²) in [4.78, 5) is 3.51. The van der Waals surface area contributed by atoms with Crippen molar-refractivity contribution in [3.8, 4) is 0 Å². The highest BCUT2D eigenvalue weighted by Crippen LogP contribution is 2.34. The largest absolute Gasteiger partial charge is 0.357 e. The van der Waals surface area contributed by atoms with Crippen molar-refractivity contribution in [2.75, 3.05) is 0 Å². The molecule has 0 fully saturated rings. The van der Waals surface area contributed by atoms with Crippen molar-refractivity contribution >= 4 is 10.9 Å². The fourth-order valence-corrected chi connectivity index (χ4v) is 2.67. The lowest BCUT2D eigenvalue weighted by atomic mass is 9.92. The molecule has 2 nitrogen and oxygen atoms in total. The van der Waals surface area contributed by atoms with E-state index in [0.29, 0.717) is 0 Å². The molecule has 0 saturated heterocycles. The summed E-state index contributed by atoms with van der Waals surface area (Å²) in [5, 5.41) is 1.38. The molecule has 78 valence electrons. The maximum Gasteiger partial charge on any atom is 0.0489 e. The van der Waals surface area contributed by atoms with Gasteiger partial charge in [-0.15, -0.1) is 0 Å². The molecule has 3 N–H and O–H groups in total. The Morgan fingerprint density at radius 1 is 1.40 bits per heavy atom. The van der Waals surface area contributed by atoms with Crippen LogP contribution in [0.4, 0.5) is 0 Å². The van der Waals surface area contributed by atoms with E-state index in [2.05, 4.69) is 30.1 Å². The zero-order valence-electron chi connectivity index (χ0n) is 9.01. The molecule has 2 heteroatoms. The molecule has 0 radical (unpaired) electrons. The number of nitrogens with two attached hydrogens (primary N) is 1. The first-order chi connectivity index (χ1) is 7.27. The number of H-pyrrole nitrogens is 1. The van der Waals surface area contributed by atoms with E-state index in [9.17, 15) is 0 Å². The number of benzene rings is 1. The monoisotopic (exact) mass is 200 g/mol. The Bertz CT molecular complexity index is 510. The molecule has 1 aliphatic carbocycles. The topological polar surface area (TPSA) is 41.8 Å². The van der Waals surface area contributed by atoms with Gasteiger partial charge in [0.25, 0.3) is 0 Å². The zero-order chi connectivity index (χ0) is 10.4. The Labute approximate surface area is 89.5 Å². The number of hydrogen-bond acceptors (Lipinski definition) is 1. The minimum atomic E-state index is 0.209. The second-order valence-corrected chi connectivity index (χ2v) is 4.51. The lowest BCUT2D eigenvalue weighted by Crippen LogP contribution is -2.16. The van der Waals surface area contributed by atoms with Gasteiger partial charge in [-0.05, 0) is 37.3 Å². The van der Waals surface area contributed by atoms with E-state index >= 15 is 0 Å². The van der Waals surface area contributed by atoms with Gasteiger partial charge in [-0.3, -0.25) is 0 Å². The highest BCUT2D eigenvalue weighted by molar-refractivity contribution is 5.87. The van der Waals surface area contributed by atoms with Crippen LogP contribution in [0.15, 0.2) is 18.2 Å². The number of para-hydroxylation sites is 1. The van der Waals surface area contributed by atoms with Crippen LogP contribution >= 0.6 is 0 Å². The van der Waals surface area contributed by atoms with Crippen LogP contribution in [0.5, 0.6) is 0 Å². The minimum absolute atomic E-state index is 0.209. The van der Waals surface area contributed by atoms with Gasteiger partial charge >= 0.3 is 0 Å². The third-order valence-corrected chi connectivity index (χ3v) is 3.50. The Balaban J connectivity index is 2.35. The van der Waals surface area contributed by atoms with Crippen molar-refractivity contribution in [1.82, 2.24) is 4.98 Å².